The summed E-state index contributed by atoms with van der Waals surface area (Å²) < 4.78 is 0. The number of benzene rings is 1. The molecule has 80 valence electrons. The minimum absolute atomic E-state index is 1.03. The summed E-state index contributed by atoms with van der Waals surface area (Å²) in [6.45, 7) is 4.40. The highest BCUT2D eigenvalue weighted by Gasteiger charge is 1.93. The van der Waals surface area contributed by atoms with Crippen LogP contribution < -0.4 is 0 Å². The summed E-state index contributed by atoms with van der Waals surface area (Å²) in [5.74, 6) is 6.53. The molecule has 0 radical (unpaired) electrons. The van der Waals surface area contributed by atoms with Crippen molar-refractivity contribution < 1.29 is 0 Å². The van der Waals surface area contributed by atoms with Crippen molar-refractivity contribution in [2.75, 3.05) is 0 Å². The highest BCUT2D eigenvalue weighted by molar-refractivity contribution is 5.41. The van der Waals surface area contributed by atoms with E-state index in [9.17, 15) is 0 Å². The molecular formula is C15H20. The summed E-state index contributed by atoms with van der Waals surface area (Å²) in [6, 6.07) is 8.43. The molecule has 0 saturated heterocycles. The number of hydrogen-bond donors (Lipinski definition) is 0. The van der Waals surface area contributed by atoms with Gasteiger partial charge in [0.05, 0.1) is 0 Å². The monoisotopic (exact) mass is 200 g/mol. The lowest BCUT2D eigenvalue weighted by Gasteiger charge is -1.98. The summed E-state index contributed by atoms with van der Waals surface area (Å²) in [5.41, 5.74) is 2.57. The number of unbranched alkanes of at least 4 members (excludes halogenated alkanes) is 3. The topological polar surface area (TPSA) is 0 Å². The van der Waals surface area contributed by atoms with Gasteiger partial charge in [-0.05, 0) is 24.5 Å². The second kappa shape index (κ2) is 7.12. The van der Waals surface area contributed by atoms with Crippen molar-refractivity contribution in [3.8, 4) is 11.8 Å². The van der Waals surface area contributed by atoms with Crippen LogP contribution in [0.3, 0.4) is 0 Å². The summed E-state index contributed by atoms with van der Waals surface area (Å²) in [4.78, 5) is 0. The van der Waals surface area contributed by atoms with E-state index >= 15 is 0 Å². The Kier molecular flexibility index (Phi) is 5.63. The van der Waals surface area contributed by atoms with E-state index in [-0.39, 0.29) is 0 Å². The Morgan fingerprint density at radius 1 is 1.07 bits per heavy atom. The molecule has 0 N–H and O–H groups in total. The molecule has 15 heavy (non-hydrogen) atoms. The Bertz CT molecular complexity index is 339. The van der Waals surface area contributed by atoms with E-state index in [1.165, 1.54) is 30.4 Å². The lowest BCUT2D eigenvalue weighted by atomic mass is 10.1. The molecule has 0 bridgehead atoms. The molecule has 1 aromatic rings. The third-order valence-corrected chi connectivity index (χ3v) is 2.53. The average molecular weight is 200 g/mol. The fourth-order valence-corrected chi connectivity index (χ4v) is 1.57. The number of rotatable bonds is 4. The Morgan fingerprint density at radius 3 is 2.60 bits per heavy atom. The van der Waals surface area contributed by atoms with E-state index in [2.05, 4.69) is 50.0 Å². The fourth-order valence-electron chi connectivity index (χ4n) is 1.57. The zero-order valence-corrected chi connectivity index (χ0v) is 9.84. The van der Waals surface area contributed by atoms with Gasteiger partial charge in [-0.2, -0.15) is 0 Å². The molecule has 0 atom stereocenters. The highest BCUT2D eigenvalue weighted by Crippen LogP contribution is 2.07. The number of aryl methyl sites for hydroxylation is 1. The van der Waals surface area contributed by atoms with Crippen LogP contribution >= 0.6 is 0 Å². The van der Waals surface area contributed by atoms with Gasteiger partial charge < -0.3 is 0 Å². The van der Waals surface area contributed by atoms with Crippen LogP contribution in [0, 0.1) is 11.8 Å². The molecule has 0 fully saturated rings. The van der Waals surface area contributed by atoms with Crippen molar-refractivity contribution in [3.63, 3.8) is 0 Å². The molecule has 0 spiro atoms. The molecule has 0 nitrogen and oxygen atoms in total. The van der Waals surface area contributed by atoms with E-state index in [0.717, 1.165) is 12.8 Å². The summed E-state index contributed by atoms with van der Waals surface area (Å²) >= 11 is 0. The van der Waals surface area contributed by atoms with Crippen LogP contribution in [-0.4, -0.2) is 0 Å². The summed E-state index contributed by atoms with van der Waals surface area (Å²) in [7, 11) is 0. The van der Waals surface area contributed by atoms with Gasteiger partial charge in [0, 0.05) is 12.0 Å². The first-order valence-corrected chi connectivity index (χ1v) is 5.95. The lowest BCUT2D eigenvalue weighted by Crippen LogP contribution is -1.85. The molecule has 0 aliphatic carbocycles. The maximum absolute atomic E-state index is 3.27. The third kappa shape index (κ3) is 4.21. The van der Waals surface area contributed by atoms with Gasteiger partial charge in [0.1, 0.15) is 0 Å². The van der Waals surface area contributed by atoms with Crippen LogP contribution in [0.15, 0.2) is 24.3 Å². The Morgan fingerprint density at radius 2 is 1.87 bits per heavy atom. The largest absolute Gasteiger partial charge is 0.0979 e. The normalized spacial score (nSPS) is 9.47. The maximum Gasteiger partial charge on any atom is 0.0277 e. The molecule has 0 aliphatic heterocycles. The third-order valence-electron chi connectivity index (χ3n) is 2.53. The van der Waals surface area contributed by atoms with Gasteiger partial charge in [0.2, 0.25) is 0 Å². The first-order valence-electron chi connectivity index (χ1n) is 5.95. The predicted octanol–water partition coefficient (Wildman–Crippen LogP) is 4.18. The standard InChI is InChI=1S/C15H20/c1-3-5-6-7-8-12-15-13-10-9-11-14(15)4-2/h9-11,13H,3-7H2,1-2H3. The van der Waals surface area contributed by atoms with Crippen LogP contribution in [0.25, 0.3) is 0 Å². The van der Waals surface area contributed by atoms with Crippen molar-refractivity contribution in [1.29, 1.82) is 0 Å². The maximum atomic E-state index is 3.27. The second-order valence-corrected chi connectivity index (χ2v) is 3.77. The van der Waals surface area contributed by atoms with Crippen molar-refractivity contribution in [2.24, 2.45) is 0 Å². The summed E-state index contributed by atoms with van der Waals surface area (Å²) in [5, 5.41) is 0. The van der Waals surface area contributed by atoms with E-state index < -0.39 is 0 Å². The molecule has 1 aromatic carbocycles. The van der Waals surface area contributed by atoms with Crippen LogP contribution in [0.5, 0.6) is 0 Å². The summed E-state index contributed by atoms with van der Waals surface area (Å²) in [6.07, 6.45) is 5.90. The molecule has 0 aromatic heterocycles. The molecule has 0 amide bonds. The molecule has 0 unspecified atom stereocenters. The molecule has 0 aliphatic rings. The number of hydrogen-bond acceptors (Lipinski definition) is 0. The van der Waals surface area contributed by atoms with Crippen LogP contribution in [-0.2, 0) is 6.42 Å². The van der Waals surface area contributed by atoms with E-state index in [1.54, 1.807) is 0 Å². The Balaban J connectivity index is 2.55. The van der Waals surface area contributed by atoms with Gasteiger partial charge in [0.15, 0.2) is 0 Å². The Hall–Kier alpha value is -1.22. The second-order valence-electron chi connectivity index (χ2n) is 3.77. The van der Waals surface area contributed by atoms with E-state index in [0.29, 0.717) is 0 Å². The van der Waals surface area contributed by atoms with E-state index in [4.69, 9.17) is 0 Å². The Labute approximate surface area is 93.7 Å². The van der Waals surface area contributed by atoms with Crippen molar-refractivity contribution in [1.82, 2.24) is 0 Å². The van der Waals surface area contributed by atoms with E-state index in [1.807, 2.05) is 0 Å². The first-order chi connectivity index (χ1) is 7.38. The van der Waals surface area contributed by atoms with Crippen molar-refractivity contribution in [3.05, 3.63) is 35.4 Å². The highest BCUT2D eigenvalue weighted by atomic mass is 14.0. The van der Waals surface area contributed by atoms with Gasteiger partial charge in [-0.25, -0.2) is 0 Å². The minimum Gasteiger partial charge on any atom is -0.0979 e. The van der Waals surface area contributed by atoms with Gasteiger partial charge in [-0.3, -0.25) is 0 Å². The van der Waals surface area contributed by atoms with Crippen LogP contribution in [0.1, 0.15) is 50.7 Å². The van der Waals surface area contributed by atoms with Crippen LogP contribution in [0.4, 0.5) is 0 Å². The van der Waals surface area contributed by atoms with Gasteiger partial charge in [0.25, 0.3) is 0 Å². The van der Waals surface area contributed by atoms with Crippen molar-refractivity contribution >= 4 is 0 Å². The molecule has 0 heterocycles. The zero-order chi connectivity index (χ0) is 10.9. The SMILES string of the molecule is CCCCCC#Cc1ccccc1CC. The lowest BCUT2D eigenvalue weighted by molar-refractivity contribution is 0.737. The van der Waals surface area contributed by atoms with Crippen molar-refractivity contribution in [2.45, 2.75) is 46.0 Å². The predicted molar refractivity (Wildman–Crippen MR) is 66.8 cm³/mol. The molecule has 0 heteroatoms. The quantitative estimate of drug-likeness (QED) is 0.505. The van der Waals surface area contributed by atoms with Gasteiger partial charge in [-0.15, -0.1) is 0 Å². The van der Waals surface area contributed by atoms with Crippen LogP contribution in [0.2, 0.25) is 0 Å². The van der Waals surface area contributed by atoms with Gasteiger partial charge in [-0.1, -0.05) is 56.7 Å². The zero-order valence-electron chi connectivity index (χ0n) is 9.84. The minimum atomic E-state index is 1.03. The average Bonchev–Trinajstić information content (AvgIpc) is 2.29. The first kappa shape index (κ1) is 11.9. The molecular weight excluding hydrogens is 180 g/mol. The fraction of sp³-hybridized carbons (Fsp3) is 0.467. The van der Waals surface area contributed by atoms with Gasteiger partial charge >= 0.3 is 0 Å². The molecule has 1 rings (SSSR count). The smallest absolute Gasteiger partial charge is 0.0277 e. The molecule has 0 saturated carbocycles.